The number of carbonyl (C=O) groups is 1. The lowest BCUT2D eigenvalue weighted by atomic mass is 10.4. The molecular formula is C6H13NO2S. The van der Waals surface area contributed by atoms with E-state index >= 15 is 0 Å². The van der Waals surface area contributed by atoms with Crippen molar-refractivity contribution in [3.8, 4) is 0 Å². The number of hydrogen-bond acceptors (Lipinski definition) is 4. The molecule has 0 bridgehead atoms. The molecule has 3 N–H and O–H groups in total. The van der Waals surface area contributed by atoms with Crippen molar-refractivity contribution in [2.24, 2.45) is 5.73 Å². The normalized spacial score (nSPS) is 13.7. The van der Waals surface area contributed by atoms with Gasteiger partial charge in [-0.25, -0.2) is 0 Å². The minimum atomic E-state index is -0.715. The van der Waals surface area contributed by atoms with Crippen LogP contribution in [-0.4, -0.2) is 28.1 Å². The van der Waals surface area contributed by atoms with E-state index in [0.29, 0.717) is 0 Å². The van der Waals surface area contributed by atoms with Gasteiger partial charge in [0.25, 0.3) is 0 Å². The third-order valence-electron chi connectivity index (χ3n) is 0.851. The molecule has 0 rings (SSSR count). The van der Waals surface area contributed by atoms with E-state index < -0.39 is 6.04 Å². The predicted octanol–water partition coefficient (Wildman–Crippen LogP) is -0.0258. The maximum Gasteiger partial charge on any atom is 0.208 e. The van der Waals surface area contributed by atoms with Crippen LogP contribution in [0.3, 0.4) is 0 Å². The van der Waals surface area contributed by atoms with Crippen molar-refractivity contribution < 1.29 is 9.90 Å². The van der Waals surface area contributed by atoms with Crippen LogP contribution in [0.1, 0.15) is 13.8 Å². The Hall–Kier alpha value is -0.0600. The smallest absolute Gasteiger partial charge is 0.208 e. The van der Waals surface area contributed by atoms with Gasteiger partial charge in [-0.15, -0.1) is 0 Å². The molecule has 0 aliphatic rings. The summed E-state index contributed by atoms with van der Waals surface area (Å²) in [7, 11) is 0. The van der Waals surface area contributed by atoms with Crippen LogP contribution < -0.4 is 5.73 Å². The quantitative estimate of drug-likeness (QED) is 0.613. The summed E-state index contributed by atoms with van der Waals surface area (Å²) < 4.78 is 0. The molecule has 0 radical (unpaired) electrons. The van der Waals surface area contributed by atoms with Gasteiger partial charge in [0.1, 0.15) is 0 Å². The van der Waals surface area contributed by atoms with Crippen LogP contribution in [0, 0.1) is 0 Å². The Balaban J connectivity index is 3.62. The molecule has 0 saturated carbocycles. The Morgan fingerprint density at radius 3 is 2.50 bits per heavy atom. The molecule has 0 amide bonds. The summed E-state index contributed by atoms with van der Waals surface area (Å²) in [6, 6.07) is -0.715. The topological polar surface area (TPSA) is 63.3 Å². The SMILES string of the molecule is CC(C)SC(=O)C(N)CO. The Kier molecular flexibility index (Phi) is 4.68. The monoisotopic (exact) mass is 163 g/mol. The molecule has 4 heteroatoms. The summed E-state index contributed by atoms with van der Waals surface area (Å²) in [5, 5.41) is 8.56. The Bertz CT molecular complexity index is 116. The summed E-state index contributed by atoms with van der Waals surface area (Å²) >= 11 is 1.16. The minimum absolute atomic E-state index is 0.141. The lowest BCUT2D eigenvalue weighted by molar-refractivity contribution is -0.112. The fraction of sp³-hybridized carbons (Fsp3) is 0.833. The van der Waals surface area contributed by atoms with E-state index in [1.165, 1.54) is 0 Å². The van der Waals surface area contributed by atoms with E-state index in [1.807, 2.05) is 13.8 Å². The zero-order chi connectivity index (χ0) is 8.15. The number of aliphatic hydroxyl groups excluding tert-OH is 1. The molecule has 3 nitrogen and oxygen atoms in total. The van der Waals surface area contributed by atoms with Gasteiger partial charge in [0, 0.05) is 5.25 Å². The van der Waals surface area contributed by atoms with Crippen LogP contribution in [0.25, 0.3) is 0 Å². The van der Waals surface area contributed by atoms with Crippen LogP contribution in [0.2, 0.25) is 0 Å². The lowest BCUT2D eigenvalue weighted by Gasteiger charge is -2.07. The summed E-state index contributed by atoms with van der Waals surface area (Å²) in [6.07, 6.45) is 0. The van der Waals surface area contributed by atoms with Crippen molar-refractivity contribution >= 4 is 16.9 Å². The number of rotatable bonds is 3. The highest BCUT2D eigenvalue weighted by molar-refractivity contribution is 8.14. The molecule has 1 atom stereocenters. The van der Waals surface area contributed by atoms with Gasteiger partial charge in [-0.2, -0.15) is 0 Å². The van der Waals surface area contributed by atoms with Crippen LogP contribution in [0.5, 0.6) is 0 Å². The highest BCUT2D eigenvalue weighted by Crippen LogP contribution is 2.11. The highest BCUT2D eigenvalue weighted by atomic mass is 32.2. The molecule has 0 spiro atoms. The molecule has 10 heavy (non-hydrogen) atoms. The van der Waals surface area contributed by atoms with E-state index in [9.17, 15) is 4.79 Å². The molecule has 0 aromatic rings. The fourth-order valence-electron chi connectivity index (χ4n) is 0.394. The number of aliphatic hydroxyl groups is 1. The maximum atomic E-state index is 10.9. The molecule has 0 aromatic carbocycles. The molecule has 60 valence electrons. The maximum absolute atomic E-state index is 10.9. The summed E-state index contributed by atoms with van der Waals surface area (Å²) in [5.74, 6) is 0. The average molecular weight is 163 g/mol. The third kappa shape index (κ3) is 3.87. The van der Waals surface area contributed by atoms with Crippen molar-refractivity contribution in [3.63, 3.8) is 0 Å². The van der Waals surface area contributed by atoms with E-state index in [-0.39, 0.29) is 17.0 Å². The van der Waals surface area contributed by atoms with Gasteiger partial charge in [0.05, 0.1) is 12.6 Å². The van der Waals surface area contributed by atoms with E-state index in [2.05, 4.69) is 0 Å². The number of thioether (sulfide) groups is 1. The van der Waals surface area contributed by atoms with E-state index in [1.54, 1.807) is 0 Å². The van der Waals surface area contributed by atoms with Crippen LogP contribution >= 0.6 is 11.8 Å². The fourth-order valence-corrected chi connectivity index (χ4v) is 1.11. The highest BCUT2D eigenvalue weighted by Gasteiger charge is 2.13. The van der Waals surface area contributed by atoms with E-state index in [4.69, 9.17) is 10.8 Å². The Morgan fingerprint density at radius 2 is 2.20 bits per heavy atom. The summed E-state index contributed by atoms with van der Waals surface area (Å²) in [4.78, 5) is 10.9. The zero-order valence-corrected chi connectivity index (χ0v) is 7.02. The van der Waals surface area contributed by atoms with Crippen molar-refractivity contribution in [2.75, 3.05) is 6.61 Å². The summed E-state index contributed by atoms with van der Waals surface area (Å²) in [5.41, 5.74) is 5.24. The lowest BCUT2D eigenvalue weighted by Crippen LogP contribution is -2.32. The molecule has 0 heterocycles. The first-order valence-electron chi connectivity index (χ1n) is 3.15. The molecule has 0 aromatic heterocycles. The van der Waals surface area contributed by atoms with Gasteiger partial charge in [-0.05, 0) is 0 Å². The van der Waals surface area contributed by atoms with Crippen LogP contribution in [0.4, 0.5) is 0 Å². The first-order valence-corrected chi connectivity index (χ1v) is 4.02. The van der Waals surface area contributed by atoms with Gasteiger partial charge < -0.3 is 10.8 Å². The van der Waals surface area contributed by atoms with Crippen molar-refractivity contribution in [2.45, 2.75) is 25.1 Å². The second-order valence-electron chi connectivity index (χ2n) is 2.27. The summed E-state index contributed by atoms with van der Waals surface area (Å²) in [6.45, 7) is 3.55. The molecule has 0 aliphatic heterocycles. The minimum Gasteiger partial charge on any atom is -0.394 e. The number of hydrogen-bond donors (Lipinski definition) is 2. The van der Waals surface area contributed by atoms with Gasteiger partial charge in [0.15, 0.2) is 0 Å². The molecule has 0 aliphatic carbocycles. The van der Waals surface area contributed by atoms with Crippen molar-refractivity contribution in [3.05, 3.63) is 0 Å². The zero-order valence-electron chi connectivity index (χ0n) is 6.20. The standard InChI is InChI=1S/C6H13NO2S/c1-4(2)10-6(9)5(7)3-8/h4-5,8H,3,7H2,1-2H3. The second kappa shape index (κ2) is 4.71. The van der Waals surface area contributed by atoms with Crippen molar-refractivity contribution in [1.82, 2.24) is 0 Å². The third-order valence-corrected chi connectivity index (χ3v) is 1.86. The molecule has 1 unspecified atom stereocenters. The Labute approximate surface area is 65.0 Å². The van der Waals surface area contributed by atoms with Crippen molar-refractivity contribution in [1.29, 1.82) is 0 Å². The molecular weight excluding hydrogens is 150 g/mol. The van der Waals surface area contributed by atoms with Gasteiger partial charge in [0.2, 0.25) is 5.12 Å². The van der Waals surface area contributed by atoms with Crippen LogP contribution in [0.15, 0.2) is 0 Å². The van der Waals surface area contributed by atoms with Crippen LogP contribution in [-0.2, 0) is 4.79 Å². The average Bonchev–Trinajstić information content (AvgIpc) is 1.85. The second-order valence-corrected chi connectivity index (χ2v) is 3.86. The molecule has 0 fully saturated rings. The van der Waals surface area contributed by atoms with E-state index in [0.717, 1.165) is 11.8 Å². The van der Waals surface area contributed by atoms with Gasteiger partial charge >= 0.3 is 0 Å². The first kappa shape index (κ1) is 9.94. The number of carbonyl (C=O) groups excluding carboxylic acids is 1. The first-order chi connectivity index (χ1) is 4.57. The van der Waals surface area contributed by atoms with Gasteiger partial charge in [-0.1, -0.05) is 25.6 Å². The number of nitrogens with two attached hydrogens (primary N) is 1. The van der Waals surface area contributed by atoms with Gasteiger partial charge in [-0.3, -0.25) is 4.79 Å². The largest absolute Gasteiger partial charge is 0.394 e. The predicted molar refractivity (Wildman–Crippen MR) is 42.8 cm³/mol. The molecule has 0 saturated heterocycles. The Morgan fingerprint density at radius 1 is 1.70 bits per heavy atom.